The lowest BCUT2D eigenvalue weighted by molar-refractivity contribution is -0.138. The first kappa shape index (κ1) is 31.6. The van der Waals surface area contributed by atoms with Gasteiger partial charge >= 0.3 is 12.1 Å². The Labute approximate surface area is 241 Å². The molecule has 4 aliphatic rings. The fourth-order valence-electron chi connectivity index (χ4n) is 9.74. The first-order valence-corrected chi connectivity index (χ1v) is 16.0. The van der Waals surface area contributed by atoms with Crippen molar-refractivity contribution >= 4 is 12.1 Å². The van der Waals surface area contributed by atoms with Gasteiger partial charge in [-0.1, -0.05) is 20.8 Å². The number of alkyl carbamates (subject to hydrolysis) is 1. The highest BCUT2D eigenvalue weighted by atomic mass is 16.6. The molecule has 0 bridgehead atoms. The van der Waals surface area contributed by atoms with Crippen LogP contribution in [0.25, 0.3) is 0 Å². The number of hydrogen-bond acceptors (Lipinski definition) is 6. The zero-order valence-corrected chi connectivity index (χ0v) is 25.5. The Morgan fingerprint density at radius 1 is 0.900 bits per heavy atom. The molecule has 4 fully saturated rings. The van der Waals surface area contributed by atoms with Gasteiger partial charge in [0.25, 0.3) is 0 Å². The number of carboxylic acids is 1. The average Bonchev–Trinajstić information content (AvgIpc) is 3.28. The van der Waals surface area contributed by atoms with E-state index in [0.717, 1.165) is 43.4 Å². The van der Waals surface area contributed by atoms with E-state index in [1.54, 1.807) is 7.11 Å². The van der Waals surface area contributed by atoms with E-state index >= 15 is 0 Å². The second kappa shape index (κ2) is 14.2. The molecule has 0 aromatic heterocycles. The number of nitrogens with one attached hydrogen (secondary N) is 1. The van der Waals surface area contributed by atoms with E-state index in [0.29, 0.717) is 74.6 Å². The van der Waals surface area contributed by atoms with Gasteiger partial charge in [0.1, 0.15) is 6.10 Å². The van der Waals surface area contributed by atoms with E-state index in [-0.39, 0.29) is 12.2 Å². The maximum atomic E-state index is 12.5. The largest absolute Gasteiger partial charge is 0.481 e. The predicted octanol–water partition coefficient (Wildman–Crippen LogP) is 5.92. The van der Waals surface area contributed by atoms with Crippen LogP contribution in [0.4, 0.5) is 4.79 Å². The standard InChI is InChI=1S/C32H55NO7/c1-22(5-10-29(34)35)26-8-9-27-25-7-6-23-21-24(11-13-31(23,2)28(25)12-14-32(26,27)3)40-30(36)33-15-16-38-19-20-39-18-17-37-4/h22-28H,5-21H2,1-4H3,(H,33,36)(H,34,35)/t22-,23-,24+,25+,26-,27+,28+,31+,32-/m1/s1. The van der Waals surface area contributed by atoms with Crippen LogP contribution < -0.4 is 5.32 Å². The number of ether oxygens (including phenoxy) is 4. The van der Waals surface area contributed by atoms with E-state index in [1.807, 2.05) is 0 Å². The summed E-state index contributed by atoms with van der Waals surface area (Å²) in [7, 11) is 1.65. The van der Waals surface area contributed by atoms with Crippen molar-refractivity contribution in [3.05, 3.63) is 0 Å². The molecule has 0 spiro atoms. The molecule has 0 aromatic rings. The molecule has 8 heteroatoms. The summed E-state index contributed by atoms with van der Waals surface area (Å²) in [6.07, 6.45) is 11.6. The molecule has 0 unspecified atom stereocenters. The maximum absolute atomic E-state index is 12.5. The molecule has 9 atom stereocenters. The highest BCUT2D eigenvalue weighted by molar-refractivity contribution is 5.67. The molecule has 4 aliphatic carbocycles. The highest BCUT2D eigenvalue weighted by Gasteiger charge is 2.60. The van der Waals surface area contributed by atoms with Crippen molar-refractivity contribution < 1.29 is 33.6 Å². The zero-order chi connectivity index (χ0) is 28.8. The van der Waals surface area contributed by atoms with E-state index in [2.05, 4.69) is 26.1 Å². The molecule has 0 radical (unpaired) electrons. The van der Waals surface area contributed by atoms with Gasteiger partial charge in [-0.3, -0.25) is 4.79 Å². The molecular formula is C32H55NO7. The lowest BCUT2D eigenvalue weighted by Gasteiger charge is -2.61. The lowest BCUT2D eigenvalue weighted by Crippen LogP contribution is -2.54. The van der Waals surface area contributed by atoms with Crippen molar-refractivity contribution in [2.75, 3.05) is 46.7 Å². The second-order valence-corrected chi connectivity index (χ2v) is 13.7. The molecule has 0 aromatic carbocycles. The average molecular weight is 566 g/mol. The third-order valence-corrected chi connectivity index (χ3v) is 11.8. The van der Waals surface area contributed by atoms with Crippen LogP contribution in [0.2, 0.25) is 0 Å². The van der Waals surface area contributed by atoms with Gasteiger partial charge in [0.2, 0.25) is 0 Å². The van der Waals surface area contributed by atoms with E-state index in [4.69, 9.17) is 18.9 Å². The quantitative estimate of drug-likeness (QED) is 0.252. The van der Waals surface area contributed by atoms with Crippen LogP contribution in [0.3, 0.4) is 0 Å². The Kier molecular flexibility index (Phi) is 11.2. The molecule has 0 aliphatic heterocycles. The SMILES string of the molecule is COCCOCCOCCNC(=O)O[C@H]1CC[C@@]2(C)[C@H](CC[C@@H]3[C@@H]2CC[C@]2(C)[C@@H]([C@H](C)CCC(=O)O)CC[C@@H]32)C1. The number of rotatable bonds is 14. The summed E-state index contributed by atoms with van der Waals surface area (Å²) in [6.45, 7) is 10.4. The number of carbonyl (C=O) groups is 2. The lowest BCUT2D eigenvalue weighted by atomic mass is 9.44. The van der Waals surface area contributed by atoms with Crippen LogP contribution in [0, 0.1) is 46.3 Å². The molecule has 230 valence electrons. The molecular weight excluding hydrogens is 510 g/mol. The number of aliphatic carboxylic acids is 1. The number of hydrogen-bond donors (Lipinski definition) is 2. The van der Waals surface area contributed by atoms with Crippen molar-refractivity contribution in [3.8, 4) is 0 Å². The Morgan fingerprint density at radius 3 is 2.35 bits per heavy atom. The van der Waals surface area contributed by atoms with Crippen LogP contribution >= 0.6 is 0 Å². The summed E-state index contributed by atoms with van der Waals surface area (Å²) in [6, 6.07) is 0. The first-order valence-electron chi connectivity index (χ1n) is 16.0. The predicted molar refractivity (Wildman–Crippen MR) is 153 cm³/mol. The summed E-state index contributed by atoms with van der Waals surface area (Å²) < 4.78 is 21.7. The first-order chi connectivity index (χ1) is 19.2. The van der Waals surface area contributed by atoms with Gasteiger partial charge in [-0.15, -0.1) is 0 Å². The van der Waals surface area contributed by atoms with Crippen LogP contribution in [-0.2, 0) is 23.7 Å². The van der Waals surface area contributed by atoms with Gasteiger partial charge < -0.3 is 29.4 Å². The minimum absolute atomic E-state index is 0.00419. The minimum atomic E-state index is -0.664. The number of fused-ring (bicyclic) bond motifs is 5. The fourth-order valence-corrected chi connectivity index (χ4v) is 9.74. The van der Waals surface area contributed by atoms with E-state index in [1.165, 1.54) is 38.5 Å². The normalized spacial score (nSPS) is 37.6. The van der Waals surface area contributed by atoms with Gasteiger partial charge in [-0.05, 0) is 111 Å². The molecule has 1 amide bonds. The van der Waals surface area contributed by atoms with Crippen LogP contribution in [0.15, 0.2) is 0 Å². The summed E-state index contributed by atoms with van der Waals surface area (Å²) in [4.78, 5) is 23.6. The van der Waals surface area contributed by atoms with Crippen molar-refractivity contribution in [2.45, 2.75) is 97.5 Å². The van der Waals surface area contributed by atoms with Gasteiger partial charge in [-0.25, -0.2) is 4.79 Å². The molecule has 8 nitrogen and oxygen atoms in total. The molecule has 4 saturated carbocycles. The third-order valence-electron chi connectivity index (χ3n) is 11.8. The molecule has 4 rings (SSSR count). The fraction of sp³-hybridized carbons (Fsp3) is 0.938. The highest BCUT2D eigenvalue weighted by Crippen LogP contribution is 2.68. The third kappa shape index (κ3) is 7.15. The van der Waals surface area contributed by atoms with Crippen LogP contribution in [-0.4, -0.2) is 70.0 Å². The van der Waals surface area contributed by atoms with Gasteiger partial charge in [-0.2, -0.15) is 0 Å². The van der Waals surface area contributed by atoms with Crippen molar-refractivity contribution in [3.63, 3.8) is 0 Å². The topological polar surface area (TPSA) is 103 Å². The Hall–Kier alpha value is -1.38. The molecule has 40 heavy (non-hydrogen) atoms. The smallest absolute Gasteiger partial charge is 0.407 e. The van der Waals surface area contributed by atoms with E-state index in [9.17, 15) is 14.7 Å². The summed E-state index contributed by atoms with van der Waals surface area (Å²) in [5, 5.41) is 12.1. The van der Waals surface area contributed by atoms with Crippen LogP contribution in [0.5, 0.6) is 0 Å². The van der Waals surface area contributed by atoms with Gasteiger partial charge in [0.15, 0.2) is 0 Å². The Morgan fingerprint density at radius 2 is 1.60 bits per heavy atom. The zero-order valence-electron chi connectivity index (χ0n) is 25.5. The number of methoxy groups -OCH3 is 1. The monoisotopic (exact) mass is 565 g/mol. The number of carbonyl (C=O) groups excluding carboxylic acids is 1. The number of carboxylic acid groups (broad SMARTS) is 1. The number of amides is 1. The summed E-state index contributed by atoms with van der Waals surface area (Å²) >= 11 is 0. The second-order valence-electron chi connectivity index (χ2n) is 13.7. The molecule has 2 N–H and O–H groups in total. The maximum Gasteiger partial charge on any atom is 0.407 e. The Bertz CT molecular complexity index is 838. The van der Waals surface area contributed by atoms with E-state index < -0.39 is 5.97 Å². The van der Waals surface area contributed by atoms with Gasteiger partial charge in [0.05, 0.1) is 33.0 Å². The van der Waals surface area contributed by atoms with Crippen molar-refractivity contribution in [1.29, 1.82) is 0 Å². The molecule has 0 heterocycles. The molecule has 0 saturated heterocycles. The Balaban J connectivity index is 1.22. The van der Waals surface area contributed by atoms with Crippen LogP contribution in [0.1, 0.15) is 91.4 Å². The van der Waals surface area contributed by atoms with Crippen molar-refractivity contribution in [2.24, 2.45) is 46.3 Å². The minimum Gasteiger partial charge on any atom is -0.481 e. The summed E-state index contributed by atoms with van der Waals surface area (Å²) in [5.41, 5.74) is 0.703. The van der Waals surface area contributed by atoms with Gasteiger partial charge in [0, 0.05) is 20.1 Å². The van der Waals surface area contributed by atoms with Crippen molar-refractivity contribution in [1.82, 2.24) is 5.32 Å². The summed E-state index contributed by atoms with van der Waals surface area (Å²) in [5.74, 6) is 3.44.